The van der Waals surface area contributed by atoms with Gasteiger partial charge in [-0.1, -0.05) is 23.4 Å². The second-order valence-corrected chi connectivity index (χ2v) is 4.58. The highest BCUT2D eigenvalue weighted by molar-refractivity contribution is 5.73. The smallest absolute Gasteiger partial charge is 0.308 e. The van der Waals surface area contributed by atoms with Crippen molar-refractivity contribution in [2.75, 3.05) is 11.4 Å². The number of benzene rings is 1. The summed E-state index contributed by atoms with van der Waals surface area (Å²) in [7, 11) is 0. The lowest BCUT2D eigenvalue weighted by Gasteiger charge is -2.33. The summed E-state index contributed by atoms with van der Waals surface area (Å²) in [6.07, 6.45) is 1.91. The number of anilines is 1. The molecule has 6 heteroatoms. The molecule has 1 aromatic carbocycles. The molecule has 0 saturated carbocycles. The van der Waals surface area contributed by atoms with Crippen molar-refractivity contribution in [3.05, 3.63) is 42.0 Å². The zero-order valence-corrected chi connectivity index (χ0v) is 10.2. The summed E-state index contributed by atoms with van der Waals surface area (Å²) in [5.41, 5.74) is 2.08. The third-order valence-electron chi connectivity index (χ3n) is 3.32. The van der Waals surface area contributed by atoms with Crippen molar-refractivity contribution in [1.29, 1.82) is 0 Å². The number of carboxylic acids is 1. The lowest BCUT2D eigenvalue weighted by molar-refractivity contribution is -0.141. The maximum absolute atomic E-state index is 11.2. The number of rotatable bonds is 3. The highest BCUT2D eigenvalue weighted by Gasteiger charge is 2.29. The number of aromatic nitrogens is 2. The van der Waals surface area contributed by atoms with Crippen molar-refractivity contribution in [3.63, 3.8) is 0 Å². The monoisotopic (exact) mass is 259 g/mol. The first kappa shape index (κ1) is 11.7. The second kappa shape index (κ2) is 4.72. The van der Waals surface area contributed by atoms with Crippen LogP contribution in [0.15, 0.2) is 35.1 Å². The van der Waals surface area contributed by atoms with Crippen LogP contribution in [0.5, 0.6) is 0 Å². The Kier molecular flexibility index (Phi) is 2.91. The first-order chi connectivity index (χ1) is 9.24. The number of carboxylic acid groups (broad SMARTS) is 1. The van der Waals surface area contributed by atoms with Gasteiger partial charge in [-0.05, 0) is 18.1 Å². The topological polar surface area (TPSA) is 79.5 Å². The van der Waals surface area contributed by atoms with Gasteiger partial charge in [-0.25, -0.2) is 0 Å². The van der Waals surface area contributed by atoms with E-state index in [1.54, 1.807) is 0 Å². The molecule has 1 aliphatic heterocycles. The Bertz CT molecular complexity index is 583. The lowest BCUT2D eigenvalue weighted by atomic mass is 9.92. The lowest BCUT2D eigenvalue weighted by Crippen LogP contribution is -2.38. The molecule has 2 heterocycles. The van der Waals surface area contributed by atoms with Gasteiger partial charge in [-0.3, -0.25) is 4.79 Å². The van der Waals surface area contributed by atoms with Gasteiger partial charge in [0.25, 0.3) is 0 Å². The summed E-state index contributed by atoms with van der Waals surface area (Å²) in [5, 5.41) is 12.8. The molecule has 0 aliphatic carbocycles. The van der Waals surface area contributed by atoms with Crippen molar-refractivity contribution in [3.8, 4) is 0 Å². The number of hydrogen-bond acceptors (Lipinski definition) is 5. The average molecular weight is 259 g/mol. The molecule has 0 fully saturated rings. The molecule has 1 N–H and O–H groups in total. The number of para-hydroxylation sites is 1. The van der Waals surface area contributed by atoms with Crippen LogP contribution >= 0.6 is 0 Å². The molecule has 0 radical (unpaired) electrons. The molecule has 0 spiro atoms. The molecule has 19 heavy (non-hydrogen) atoms. The molecule has 0 bridgehead atoms. The van der Waals surface area contributed by atoms with Crippen molar-refractivity contribution in [2.24, 2.45) is 5.92 Å². The average Bonchev–Trinajstić information content (AvgIpc) is 2.91. The van der Waals surface area contributed by atoms with Gasteiger partial charge in [0.2, 0.25) is 5.89 Å². The largest absolute Gasteiger partial charge is 0.481 e. The van der Waals surface area contributed by atoms with Gasteiger partial charge in [0.05, 0.1) is 12.5 Å². The highest BCUT2D eigenvalue weighted by Crippen LogP contribution is 2.30. The van der Waals surface area contributed by atoms with E-state index in [1.165, 1.54) is 6.33 Å². The molecule has 98 valence electrons. The van der Waals surface area contributed by atoms with E-state index >= 15 is 0 Å². The Labute approximate surface area is 109 Å². The SMILES string of the molecule is O=C(O)C1Cc2ccccc2N(Cc2ncno2)C1. The Morgan fingerprint density at radius 2 is 2.32 bits per heavy atom. The van der Waals surface area contributed by atoms with Crippen molar-refractivity contribution < 1.29 is 14.4 Å². The molecular weight excluding hydrogens is 246 g/mol. The van der Waals surface area contributed by atoms with E-state index in [2.05, 4.69) is 10.1 Å². The van der Waals surface area contributed by atoms with E-state index in [0.29, 0.717) is 25.4 Å². The molecule has 3 rings (SSSR count). The quantitative estimate of drug-likeness (QED) is 0.895. The number of carbonyl (C=O) groups is 1. The first-order valence-corrected chi connectivity index (χ1v) is 6.05. The van der Waals surface area contributed by atoms with Crippen LogP contribution in [0, 0.1) is 5.92 Å². The molecule has 1 unspecified atom stereocenters. The number of nitrogens with zero attached hydrogens (tertiary/aromatic N) is 3. The normalized spacial score (nSPS) is 18.1. The number of hydrogen-bond donors (Lipinski definition) is 1. The fourth-order valence-electron chi connectivity index (χ4n) is 2.43. The summed E-state index contributed by atoms with van der Waals surface area (Å²) in [4.78, 5) is 17.2. The summed E-state index contributed by atoms with van der Waals surface area (Å²) >= 11 is 0. The minimum absolute atomic E-state index is 0.405. The third-order valence-corrected chi connectivity index (χ3v) is 3.32. The maximum atomic E-state index is 11.2. The van der Waals surface area contributed by atoms with Crippen LogP contribution in [0.25, 0.3) is 0 Å². The minimum Gasteiger partial charge on any atom is -0.481 e. The van der Waals surface area contributed by atoms with E-state index < -0.39 is 11.9 Å². The fourth-order valence-corrected chi connectivity index (χ4v) is 2.43. The van der Waals surface area contributed by atoms with Gasteiger partial charge in [-0.2, -0.15) is 4.98 Å². The first-order valence-electron chi connectivity index (χ1n) is 6.05. The third kappa shape index (κ3) is 2.29. The van der Waals surface area contributed by atoms with Gasteiger partial charge in [-0.15, -0.1) is 0 Å². The van der Waals surface area contributed by atoms with E-state index in [-0.39, 0.29) is 0 Å². The van der Waals surface area contributed by atoms with Crippen LogP contribution in [0.1, 0.15) is 11.5 Å². The van der Waals surface area contributed by atoms with Crippen LogP contribution in [0.3, 0.4) is 0 Å². The Morgan fingerprint density at radius 1 is 1.47 bits per heavy atom. The summed E-state index contributed by atoms with van der Waals surface area (Å²) in [5.74, 6) is -0.691. The number of fused-ring (bicyclic) bond motifs is 1. The van der Waals surface area contributed by atoms with E-state index in [4.69, 9.17) is 4.52 Å². The molecule has 0 saturated heterocycles. The molecular formula is C13H13N3O3. The summed E-state index contributed by atoms with van der Waals surface area (Å²) < 4.78 is 5.00. The van der Waals surface area contributed by atoms with Crippen molar-refractivity contribution >= 4 is 11.7 Å². The Hall–Kier alpha value is -2.37. The second-order valence-electron chi connectivity index (χ2n) is 4.58. The molecule has 1 aliphatic rings. The van der Waals surface area contributed by atoms with Crippen molar-refractivity contribution in [1.82, 2.24) is 10.1 Å². The van der Waals surface area contributed by atoms with Gasteiger partial charge in [0.1, 0.15) is 0 Å². The predicted octanol–water partition coefficient (Wildman–Crippen LogP) is 1.33. The van der Waals surface area contributed by atoms with Gasteiger partial charge >= 0.3 is 5.97 Å². The van der Waals surface area contributed by atoms with Crippen LogP contribution in [-0.2, 0) is 17.8 Å². The van der Waals surface area contributed by atoms with Gasteiger partial charge < -0.3 is 14.5 Å². The van der Waals surface area contributed by atoms with Crippen LogP contribution in [0.4, 0.5) is 5.69 Å². The van der Waals surface area contributed by atoms with Gasteiger partial charge in [0, 0.05) is 12.2 Å². The summed E-state index contributed by atoms with van der Waals surface area (Å²) in [6, 6.07) is 7.82. The van der Waals surface area contributed by atoms with Gasteiger partial charge in [0.15, 0.2) is 6.33 Å². The summed E-state index contributed by atoms with van der Waals surface area (Å²) in [6.45, 7) is 0.884. The Morgan fingerprint density at radius 3 is 3.05 bits per heavy atom. The zero-order chi connectivity index (χ0) is 13.2. The standard InChI is InChI=1S/C13H13N3O3/c17-13(18)10-5-9-3-1-2-4-11(9)16(6-10)7-12-14-8-15-19-12/h1-4,8,10H,5-7H2,(H,17,18). The molecule has 6 nitrogen and oxygen atoms in total. The maximum Gasteiger partial charge on any atom is 0.308 e. The molecule has 2 aromatic rings. The zero-order valence-electron chi connectivity index (χ0n) is 10.2. The van der Waals surface area contributed by atoms with E-state index in [9.17, 15) is 9.90 Å². The Balaban J connectivity index is 1.91. The fraction of sp³-hybridized carbons (Fsp3) is 0.308. The molecule has 1 aromatic heterocycles. The number of aliphatic carboxylic acids is 1. The van der Waals surface area contributed by atoms with Crippen LogP contribution < -0.4 is 4.90 Å². The van der Waals surface area contributed by atoms with E-state index in [1.807, 2.05) is 29.2 Å². The van der Waals surface area contributed by atoms with Crippen LogP contribution in [0.2, 0.25) is 0 Å². The minimum atomic E-state index is -0.773. The molecule has 0 amide bonds. The highest BCUT2D eigenvalue weighted by atomic mass is 16.5. The van der Waals surface area contributed by atoms with Crippen LogP contribution in [-0.4, -0.2) is 27.8 Å². The van der Waals surface area contributed by atoms with E-state index in [0.717, 1.165) is 11.3 Å². The molecule has 1 atom stereocenters. The van der Waals surface area contributed by atoms with Crippen molar-refractivity contribution in [2.45, 2.75) is 13.0 Å². The predicted molar refractivity (Wildman–Crippen MR) is 66.6 cm³/mol.